The van der Waals surface area contributed by atoms with Crippen molar-refractivity contribution in [2.45, 2.75) is 6.61 Å². The van der Waals surface area contributed by atoms with Crippen LogP contribution in [0, 0.1) is 27.3 Å². The van der Waals surface area contributed by atoms with E-state index in [9.17, 15) is 19.8 Å². The number of nitro groups is 1. The molecule has 0 aliphatic carbocycles. The Bertz CT molecular complexity index is 1090. The Morgan fingerprint density at radius 1 is 1.11 bits per heavy atom. The summed E-state index contributed by atoms with van der Waals surface area (Å²) in [5, 5.41) is 20.5. The highest BCUT2D eigenvalue weighted by Gasteiger charge is 2.10. The zero-order chi connectivity index (χ0) is 19.9. The minimum absolute atomic E-state index is 0.0886. The van der Waals surface area contributed by atoms with Crippen LogP contribution in [0.4, 0.5) is 10.1 Å². The maximum Gasteiger partial charge on any atom is 0.270 e. The van der Waals surface area contributed by atoms with E-state index in [-0.39, 0.29) is 23.7 Å². The molecule has 6 heteroatoms. The highest BCUT2D eigenvalue weighted by Crippen LogP contribution is 2.27. The van der Waals surface area contributed by atoms with E-state index in [1.54, 1.807) is 48.5 Å². The number of ether oxygens (including phenoxy) is 1. The standard InChI is InChI=1S/C22H15FN2O3/c23-20-8-3-5-16(11-20)15-28-22-10-2-1-6-18(22)12-19(14-24)17-7-4-9-21(13-17)25(26)27/h1-13H,15H2/b19-12-. The van der Waals surface area contributed by atoms with Gasteiger partial charge in [-0.15, -0.1) is 0 Å². The predicted molar refractivity (Wildman–Crippen MR) is 104 cm³/mol. The molecule has 138 valence electrons. The molecule has 0 aliphatic heterocycles. The maximum absolute atomic E-state index is 13.3. The summed E-state index contributed by atoms with van der Waals surface area (Å²) in [7, 11) is 0. The third kappa shape index (κ3) is 4.59. The molecule has 0 heterocycles. The van der Waals surface area contributed by atoms with Gasteiger partial charge in [-0.3, -0.25) is 10.1 Å². The van der Waals surface area contributed by atoms with Crippen LogP contribution in [0.5, 0.6) is 5.75 Å². The molecule has 0 unspecified atom stereocenters. The molecule has 0 spiro atoms. The minimum Gasteiger partial charge on any atom is -0.488 e. The average Bonchev–Trinajstić information content (AvgIpc) is 2.71. The van der Waals surface area contributed by atoms with Gasteiger partial charge in [0, 0.05) is 17.7 Å². The van der Waals surface area contributed by atoms with Crippen molar-refractivity contribution in [3.63, 3.8) is 0 Å². The van der Waals surface area contributed by atoms with Gasteiger partial charge in [0.25, 0.3) is 5.69 Å². The van der Waals surface area contributed by atoms with Crippen LogP contribution in [0.2, 0.25) is 0 Å². The van der Waals surface area contributed by atoms with Gasteiger partial charge in [0.15, 0.2) is 0 Å². The molecule has 3 aromatic rings. The highest BCUT2D eigenvalue weighted by atomic mass is 19.1. The number of nitro benzene ring substituents is 1. The molecule has 0 fully saturated rings. The van der Waals surface area contributed by atoms with E-state index in [1.165, 1.54) is 30.3 Å². The van der Waals surface area contributed by atoms with Gasteiger partial charge in [0.05, 0.1) is 16.6 Å². The number of hydrogen-bond donors (Lipinski definition) is 0. The van der Waals surface area contributed by atoms with Crippen LogP contribution in [0.1, 0.15) is 16.7 Å². The van der Waals surface area contributed by atoms with E-state index in [0.717, 1.165) is 0 Å². The molecule has 0 aliphatic rings. The fourth-order valence-electron chi connectivity index (χ4n) is 2.64. The molecule has 0 saturated heterocycles. The van der Waals surface area contributed by atoms with E-state index in [2.05, 4.69) is 6.07 Å². The molecular weight excluding hydrogens is 359 g/mol. The molecule has 0 atom stereocenters. The highest BCUT2D eigenvalue weighted by molar-refractivity contribution is 5.91. The molecular formula is C22H15FN2O3. The van der Waals surface area contributed by atoms with Crippen molar-refractivity contribution in [1.82, 2.24) is 0 Å². The van der Waals surface area contributed by atoms with Crippen molar-refractivity contribution >= 4 is 17.3 Å². The fraction of sp³-hybridized carbons (Fsp3) is 0.0455. The molecule has 5 nitrogen and oxygen atoms in total. The van der Waals surface area contributed by atoms with Crippen LogP contribution in [0.15, 0.2) is 72.8 Å². The summed E-state index contributed by atoms with van der Waals surface area (Å²) < 4.78 is 19.1. The molecule has 0 aromatic heterocycles. The van der Waals surface area contributed by atoms with Crippen LogP contribution < -0.4 is 4.74 Å². The number of halogens is 1. The zero-order valence-corrected chi connectivity index (χ0v) is 14.7. The Labute approximate surface area is 161 Å². The number of non-ortho nitro benzene ring substituents is 1. The Morgan fingerprint density at radius 2 is 1.89 bits per heavy atom. The number of hydrogen-bond acceptors (Lipinski definition) is 4. The van der Waals surface area contributed by atoms with Gasteiger partial charge < -0.3 is 4.74 Å². The van der Waals surface area contributed by atoms with Gasteiger partial charge >= 0.3 is 0 Å². The van der Waals surface area contributed by atoms with Gasteiger partial charge in [-0.25, -0.2) is 4.39 Å². The summed E-state index contributed by atoms with van der Waals surface area (Å²) in [6.45, 7) is 0.168. The van der Waals surface area contributed by atoms with Gasteiger partial charge in [0.2, 0.25) is 0 Å². The lowest BCUT2D eigenvalue weighted by Gasteiger charge is -2.10. The van der Waals surface area contributed by atoms with Crippen molar-refractivity contribution in [2.75, 3.05) is 0 Å². The first-order valence-corrected chi connectivity index (χ1v) is 8.40. The Morgan fingerprint density at radius 3 is 2.64 bits per heavy atom. The van der Waals surface area contributed by atoms with Gasteiger partial charge in [-0.1, -0.05) is 42.5 Å². The number of allylic oxidation sites excluding steroid dienone is 1. The SMILES string of the molecule is N#C/C(=C/c1ccccc1OCc1cccc(F)c1)c1cccc([N+](=O)[O-])c1. The van der Waals surface area contributed by atoms with Crippen LogP contribution in [0.3, 0.4) is 0 Å². The second kappa shape index (κ2) is 8.60. The normalized spacial score (nSPS) is 10.9. The zero-order valence-electron chi connectivity index (χ0n) is 14.7. The van der Waals surface area contributed by atoms with Crippen molar-refractivity contribution in [3.05, 3.63) is 105 Å². The van der Waals surface area contributed by atoms with Crippen LogP contribution >= 0.6 is 0 Å². The molecule has 3 aromatic carbocycles. The number of rotatable bonds is 6. The molecule has 0 saturated carbocycles. The molecule has 28 heavy (non-hydrogen) atoms. The molecule has 0 bridgehead atoms. The van der Waals surface area contributed by atoms with E-state index >= 15 is 0 Å². The van der Waals surface area contributed by atoms with Crippen molar-refractivity contribution in [3.8, 4) is 11.8 Å². The fourth-order valence-corrected chi connectivity index (χ4v) is 2.64. The number of nitrogens with zero attached hydrogens (tertiary/aromatic N) is 2. The summed E-state index contributed by atoms with van der Waals surface area (Å²) in [4.78, 5) is 10.5. The summed E-state index contributed by atoms with van der Waals surface area (Å²) in [5.74, 6) is 0.177. The summed E-state index contributed by atoms with van der Waals surface area (Å²) >= 11 is 0. The number of nitriles is 1. The molecule has 0 amide bonds. The van der Waals surface area contributed by atoms with Crippen molar-refractivity contribution < 1.29 is 14.1 Å². The second-order valence-electron chi connectivity index (χ2n) is 5.93. The summed E-state index contributed by atoms with van der Waals surface area (Å²) in [5.41, 5.74) is 1.94. The van der Waals surface area contributed by atoms with Crippen LogP contribution in [-0.2, 0) is 6.61 Å². The predicted octanol–water partition coefficient (Wildman–Crippen LogP) is 5.38. The molecule has 3 rings (SSSR count). The van der Waals surface area contributed by atoms with Gasteiger partial charge in [0.1, 0.15) is 18.2 Å². The monoisotopic (exact) mass is 374 g/mol. The first kappa shape index (κ1) is 18.8. The average molecular weight is 374 g/mol. The van der Waals surface area contributed by atoms with Gasteiger partial charge in [-0.2, -0.15) is 5.26 Å². The maximum atomic E-state index is 13.3. The first-order valence-electron chi connectivity index (χ1n) is 8.40. The van der Waals surface area contributed by atoms with E-state index in [4.69, 9.17) is 4.74 Å². The lowest BCUT2D eigenvalue weighted by molar-refractivity contribution is -0.384. The minimum atomic E-state index is -0.505. The number of benzene rings is 3. The Kier molecular flexibility index (Phi) is 5.78. The molecule has 0 N–H and O–H groups in total. The van der Waals surface area contributed by atoms with Gasteiger partial charge in [-0.05, 0) is 35.4 Å². The van der Waals surface area contributed by atoms with Crippen molar-refractivity contribution in [1.29, 1.82) is 5.26 Å². The first-order chi connectivity index (χ1) is 13.6. The third-order valence-electron chi connectivity index (χ3n) is 3.99. The van der Waals surface area contributed by atoms with E-state index in [1.807, 2.05) is 0 Å². The lowest BCUT2D eigenvalue weighted by atomic mass is 10.0. The summed E-state index contributed by atoms with van der Waals surface area (Å²) in [6, 6.07) is 21.2. The Hall–Kier alpha value is -3.98. The van der Waals surface area contributed by atoms with E-state index in [0.29, 0.717) is 22.4 Å². The Balaban J connectivity index is 1.89. The van der Waals surface area contributed by atoms with Crippen molar-refractivity contribution in [2.24, 2.45) is 0 Å². The third-order valence-corrected chi connectivity index (χ3v) is 3.99. The quantitative estimate of drug-likeness (QED) is 0.251. The second-order valence-corrected chi connectivity index (χ2v) is 5.93. The smallest absolute Gasteiger partial charge is 0.270 e. The van der Waals surface area contributed by atoms with Crippen LogP contribution in [-0.4, -0.2) is 4.92 Å². The topological polar surface area (TPSA) is 76.2 Å². The molecule has 0 radical (unpaired) electrons. The lowest BCUT2D eigenvalue weighted by Crippen LogP contribution is -1.97. The summed E-state index contributed by atoms with van der Waals surface area (Å²) in [6.07, 6.45) is 1.61. The van der Waals surface area contributed by atoms with E-state index < -0.39 is 4.92 Å². The number of para-hydroxylation sites is 1. The largest absolute Gasteiger partial charge is 0.488 e. The van der Waals surface area contributed by atoms with Crippen LogP contribution in [0.25, 0.3) is 11.6 Å².